The molecule has 4 nitrogen and oxygen atoms in total. The first kappa shape index (κ1) is 10.6. The van der Waals surface area contributed by atoms with Crippen LogP contribution in [-0.2, 0) is 7.05 Å². The second kappa shape index (κ2) is 4.02. The van der Waals surface area contributed by atoms with Crippen LogP contribution in [0.4, 0.5) is 5.69 Å². The molecule has 0 spiro atoms. The average Bonchev–Trinajstić information content (AvgIpc) is 2.89. The molecular formula is C13H18N4. The summed E-state index contributed by atoms with van der Waals surface area (Å²) in [6.45, 7) is 2.03. The van der Waals surface area contributed by atoms with Gasteiger partial charge >= 0.3 is 0 Å². The second-order valence-electron chi connectivity index (χ2n) is 4.93. The summed E-state index contributed by atoms with van der Waals surface area (Å²) in [7, 11) is 1.94. The first-order valence-electron chi connectivity index (χ1n) is 6.30. The normalized spacial score (nSPS) is 16.8. The van der Waals surface area contributed by atoms with E-state index in [1.807, 2.05) is 24.9 Å². The topological polar surface area (TPSA) is 42.7 Å². The lowest BCUT2D eigenvalue weighted by Gasteiger charge is -2.12. The van der Waals surface area contributed by atoms with Crippen LogP contribution in [0.3, 0.4) is 0 Å². The fourth-order valence-electron chi connectivity index (χ4n) is 2.69. The standard InChI is InChI=1S/C13H18N4/c1-9-12-7-11(15-10-5-3-4-6-10)8-14-13(12)17(2)16-9/h7-8,10,15H,3-6H2,1-2H3. The Balaban J connectivity index is 1.92. The van der Waals surface area contributed by atoms with E-state index in [2.05, 4.69) is 21.5 Å². The van der Waals surface area contributed by atoms with E-state index in [1.54, 1.807) is 0 Å². The fourth-order valence-corrected chi connectivity index (χ4v) is 2.69. The van der Waals surface area contributed by atoms with Gasteiger partial charge in [0.2, 0.25) is 0 Å². The molecule has 1 N–H and O–H groups in total. The molecule has 4 heteroatoms. The van der Waals surface area contributed by atoms with Crippen molar-refractivity contribution in [2.45, 2.75) is 38.6 Å². The number of rotatable bonds is 2. The van der Waals surface area contributed by atoms with E-state index < -0.39 is 0 Å². The summed E-state index contributed by atoms with van der Waals surface area (Å²) >= 11 is 0. The van der Waals surface area contributed by atoms with Gasteiger partial charge in [-0.25, -0.2) is 4.98 Å². The lowest BCUT2D eigenvalue weighted by Crippen LogP contribution is -2.14. The SMILES string of the molecule is Cc1nn(C)c2ncc(NC3CCCC3)cc12. The second-order valence-corrected chi connectivity index (χ2v) is 4.93. The van der Waals surface area contributed by atoms with E-state index in [1.165, 1.54) is 25.7 Å². The van der Waals surface area contributed by atoms with Gasteiger partial charge in [0, 0.05) is 18.5 Å². The van der Waals surface area contributed by atoms with Crippen LogP contribution < -0.4 is 5.32 Å². The van der Waals surface area contributed by atoms with E-state index in [0.717, 1.165) is 22.4 Å². The summed E-state index contributed by atoms with van der Waals surface area (Å²) in [6.07, 6.45) is 7.18. The number of hydrogen-bond donors (Lipinski definition) is 1. The minimum atomic E-state index is 0.631. The summed E-state index contributed by atoms with van der Waals surface area (Å²) in [4.78, 5) is 4.48. The van der Waals surface area contributed by atoms with Gasteiger partial charge in [0.05, 0.1) is 17.6 Å². The highest BCUT2D eigenvalue weighted by Crippen LogP contribution is 2.24. The Labute approximate surface area is 101 Å². The van der Waals surface area contributed by atoms with Crippen molar-refractivity contribution in [2.24, 2.45) is 7.05 Å². The third-order valence-corrected chi connectivity index (χ3v) is 3.59. The molecule has 17 heavy (non-hydrogen) atoms. The molecule has 0 bridgehead atoms. The van der Waals surface area contributed by atoms with Gasteiger partial charge in [0.1, 0.15) is 0 Å². The predicted molar refractivity (Wildman–Crippen MR) is 69.1 cm³/mol. The number of nitrogens with one attached hydrogen (secondary N) is 1. The lowest BCUT2D eigenvalue weighted by molar-refractivity contribution is 0.754. The van der Waals surface area contributed by atoms with E-state index in [9.17, 15) is 0 Å². The third-order valence-electron chi connectivity index (χ3n) is 3.59. The molecule has 0 atom stereocenters. The van der Waals surface area contributed by atoms with Crippen molar-refractivity contribution in [3.05, 3.63) is 18.0 Å². The zero-order chi connectivity index (χ0) is 11.8. The van der Waals surface area contributed by atoms with Crippen molar-refractivity contribution >= 4 is 16.7 Å². The number of nitrogens with zero attached hydrogens (tertiary/aromatic N) is 3. The van der Waals surface area contributed by atoms with Crippen LogP contribution in [0.1, 0.15) is 31.4 Å². The monoisotopic (exact) mass is 230 g/mol. The smallest absolute Gasteiger partial charge is 0.157 e. The molecule has 1 aliphatic carbocycles. The minimum absolute atomic E-state index is 0.631. The van der Waals surface area contributed by atoms with E-state index >= 15 is 0 Å². The Kier molecular flexibility index (Phi) is 2.50. The van der Waals surface area contributed by atoms with Gasteiger partial charge in [-0.15, -0.1) is 0 Å². The summed E-state index contributed by atoms with van der Waals surface area (Å²) < 4.78 is 1.84. The first-order chi connectivity index (χ1) is 8.24. The number of pyridine rings is 1. The molecular weight excluding hydrogens is 212 g/mol. The number of anilines is 1. The van der Waals surface area contributed by atoms with Gasteiger partial charge < -0.3 is 5.32 Å². The van der Waals surface area contributed by atoms with Crippen LogP contribution in [0.2, 0.25) is 0 Å². The van der Waals surface area contributed by atoms with Crippen molar-refractivity contribution in [1.29, 1.82) is 0 Å². The Morgan fingerprint density at radius 1 is 1.35 bits per heavy atom. The van der Waals surface area contributed by atoms with Crippen LogP contribution in [0.25, 0.3) is 11.0 Å². The molecule has 90 valence electrons. The summed E-state index contributed by atoms with van der Waals surface area (Å²) in [5.74, 6) is 0. The van der Waals surface area contributed by atoms with Gasteiger partial charge in [-0.3, -0.25) is 4.68 Å². The summed E-state index contributed by atoms with van der Waals surface area (Å²) in [5, 5.41) is 9.11. The lowest BCUT2D eigenvalue weighted by atomic mass is 10.2. The number of hydrogen-bond acceptors (Lipinski definition) is 3. The van der Waals surface area contributed by atoms with Crippen LogP contribution in [0.15, 0.2) is 12.3 Å². The molecule has 1 saturated carbocycles. The maximum absolute atomic E-state index is 4.48. The van der Waals surface area contributed by atoms with Crippen LogP contribution in [-0.4, -0.2) is 20.8 Å². The Morgan fingerprint density at radius 3 is 2.88 bits per heavy atom. The van der Waals surface area contributed by atoms with E-state index in [0.29, 0.717) is 6.04 Å². The van der Waals surface area contributed by atoms with Crippen molar-refractivity contribution < 1.29 is 0 Å². The molecule has 3 rings (SSSR count). The van der Waals surface area contributed by atoms with Crippen molar-refractivity contribution in [3.63, 3.8) is 0 Å². The maximum Gasteiger partial charge on any atom is 0.157 e. The summed E-state index contributed by atoms with van der Waals surface area (Å²) in [6, 6.07) is 2.80. The fraction of sp³-hybridized carbons (Fsp3) is 0.538. The van der Waals surface area contributed by atoms with Crippen LogP contribution in [0.5, 0.6) is 0 Å². The highest BCUT2D eigenvalue weighted by molar-refractivity contribution is 5.81. The molecule has 2 aromatic heterocycles. The van der Waals surface area contributed by atoms with Gasteiger partial charge in [-0.05, 0) is 25.8 Å². The van der Waals surface area contributed by atoms with Gasteiger partial charge in [0.15, 0.2) is 5.65 Å². The zero-order valence-corrected chi connectivity index (χ0v) is 10.4. The summed E-state index contributed by atoms with van der Waals surface area (Å²) in [5.41, 5.74) is 3.13. The Morgan fingerprint density at radius 2 is 2.12 bits per heavy atom. The van der Waals surface area contributed by atoms with Crippen molar-refractivity contribution in [2.75, 3.05) is 5.32 Å². The van der Waals surface area contributed by atoms with Gasteiger partial charge in [-0.1, -0.05) is 12.8 Å². The molecule has 0 amide bonds. The highest BCUT2D eigenvalue weighted by Gasteiger charge is 2.15. The van der Waals surface area contributed by atoms with E-state index in [-0.39, 0.29) is 0 Å². The molecule has 0 saturated heterocycles. The highest BCUT2D eigenvalue weighted by atomic mass is 15.3. The van der Waals surface area contributed by atoms with Crippen LogP contribution >= 0.6 is 0 Å². The Bertz CT molecular complexity index is 538. The Hall–Kier alpha value is -1.58. The maximum atomic E-state index is 4.48. The first-order valence-corrected chi connectivity index (χ1v) is 6.30. The molecule has 2 aromatic rings. The average molecular weight is 230 g/mol. The zero-order valence-electron chi connectivity index (χ0n) is 10.4. The van der Waals surface area contributed by atoms with Crippen molar-refractivity contribution in [1.82, 2.24) is 14.8 Å². The van der Waals surface area contributed by atoms with Crippen LogP contribution in [0, 0.1) is 6.92 Å². The van der Waals surface area contributed by atoms with Gasteiger partial charge in [-0.2, -0.15) is 5.10 Å². The predicted octanol–water partition coefficient (Wildman–Crippen LogP) is 2.63. The molecule has 1 aliphatic rings. The number of fused-ring (bicyclic) bond motifs is 1. The quantitative estimate of drug-likeness (QED) is 0.862. The molecule has 1 fully saturated rings. The van der Waals surface area contributed by atoms with E-state index in [4.69, 9.17) is 0 Å². The van der Waals surface area contributed by atoms with Crippen molar-refractivity contribution in [3.8, 4) is 0 Å². The molecule has 0 radical (unpaired) electrons. The molecule has 2 heterocycles. The minimum Gasteiger partial charge on any atom is -0.381 e. The number of aryl methyl sites for hydroxylation is 2. The molecule has 0 aromatic carbocycles. The molecule has 0 aliphatic heterocycles. The largest absolute Gasteiger partial charge is 0.381 e. The third kappa shape index (κ3) is 1.88. The van der Waals surface area contributed by atoms with Gasteiger partial charge in [0.25, 0.3) is 0 Å². The number of aromatic nitrogens is 3. The molecule has 0 unspecified atom stereocenters.